The van der Waals surface area contributed by atoms with E-state index in [1.54, 1.807) is 4.90 Å². The molecule has 128 valence electrons. The monoisotopic (exact) mass is 321 g/mol. The second kappa shape index (κ2) is 9.01. The standard InChI is InChI=1S/C18H27NO4/c1-23-16(20)12-6-4-2-3-5-9-13-19-17(21)14-10-7-8-11-15(14)18(19)22/h7-8,10-11,17-18,21-22H,2-6,9,12-13H2,1H3. The highest BCUT2D eigenvalue weighted by atomic mass is 16.5. The first-order valence-electron chi connectivity index (χ1n) is 8.42. The summed E-state index contributed by atoms with van der Waals surface area (Å²) >= 11 is 0. The Kier molecular flexibility index (Phi) is 7.02. The zero-order valence-corrected chi connectivity index (χ0v) is 13.8. The number of rotatable bonds is 9. The number of aliphatic hydroxyl groups excluding tert-OH is 2. The van der Waals surface area contributed by atoms with E-state index in [0.29, 0.717) is 13.0 Å². The first-order chi connectivity index (χ1) is 11.1. The van der Waals surface area contributed by atoms with E-state index in [-0.39, 0.29) is 5.97 Å². The van der Waals surface area contributed by atoms with E-state index >= 15 is 0 Å². The fraction of sp³-hybridized carbons (Fsp3) is 0.611. The Labute approximate surface area is 137 Å². The number of hydrogen-bond acceptors (Lipinski definition) is 5. The zero-order valence-electron chi connectivity index (χ0n) is 13.8. The topological polar surface area (TPSA) is 70.0 Å². The molecular weight excluding hydrogens is 294 g/mol. The number of esters is 1. The molecule has 0 bridgehead atoms. The average Bonchev–Trinajstić information content (AvgIpc) is 2.82. The smallest absolute Gasteiger partial charge is 0.305 e. The van der Waals surface area contributed by atoms with Crippen molar-refractivity contribution >= 4 is 5.97 Å². The average molecular weight is 321 g/mol. The van der Waals surface area contributed by atoms with Gasteiger partial charge in [-0.05, 0) is 12.8 Å². The Morgan fingerprint density at radius 3 is 2.09 bits per heavy atom. The minimum absolute atomic E-state index is 0.137. The van der Waals surface area contributed by atoms with Crippen molar-refractivity contribution in [1.29, 1.82) is 0 Å². The van der Waals surface area contributed by atoms with Crippen LogP contribution >= 0.6 is 0 Å². The van der Waals surface area contributed by atoms with E-state index in [1.165, 1.54) is 7.11 Å². The predicted molar refractivity (Wildman–Crippen MR) is 87.4 cm³/mol. The van der Waals surface area contributed by atoms with Crippen LogP contribution in [0.2, 0.25) is 0 Å². The highest BCUT2D eigenvalue weighted by Gasteiger charge is 2.35. The van der Waals surface area contributed by atoms with Gasteiger partial charge in [0.2, 0.25) is 0 Å². The SMILES string of the molecule is COC(=O)CCCCCCCCN1C(O)c2ccccc2C1O. The van der Waals surface area contributed by atoms with Gasteiger partial charge in [0.05, 0.1) is 7.11 Å². The lowest BCUT2D eigenvalue weighted by Crippen LogP contribution is -2.27. The van der Waals surface area contributed by atoms with Crippen LogP contribution in [0.3, 0.4) is 0 Å². The van der Waals surface area contributed by atoms with Gasteiger partial charge in [-0.3, -0.25) is 4.79 Å². The van der Waals surface area contributed by atoms with Crippen LogP contribution in [0.4, 0.5) is 0 Å². The van der Waals surface area contributed by atoms with Crippen LogP contribution in [-0.2, 0) is 9.53 Å². The predicted octanol–water partition coefficient (Wildman–Crippen LogP) is 2.89. The molecule has 2 N–H and O–H groups in total. The number of fused-ring (bicyclic) bond motifs is 1. The van der Waals surface area contributed by atoms with Crippen LogP contribution < -0.4 is 0 Å². The van der Waals surface area contributed by atoms with E-state index in [0.717, 1.165) is 49.7 Å². The molecule has 1 aromatic carbocycles. The summed E-state index contributed by atoms with van der Waals surface area (Å²) in [5, 5.41) is 20.6. The first-order valence-corrected chi connectivity index (χ1v) is 8.42. The van der Waals surface area contributed by atoms with Crippen molar-refractivity contribution in [1.82, 2.24) is 4.90 Å². The lowest BCUT2D eigenvalue weighted by molar-refractivity contribution is -0.140. The van der Waals surface area contributed by atoms with Crippen LogP contribution in [0.5, 0.6) is 0 Å². The number of benzene rings is 1. The fourth-order valence-electron chi connectivity index (χ4n) is 3.09. The lowest BCUT2D eigenvalue weighted by Gasteiger charge is -2.24. The zero-order chi connectivity index (χ0) is 16.7. The number of methoxy groups -OCH3 is 1. The number of nitrogens with zero attached hydrogens (tertiary/aromatic N) is 1. The van der Waals surface area contributed by atoms with Crippen LogP contribution in [0.1, 0.15) is 68.5 Å². The highest BCUT2D eigenvalue weighted by molar-refractivity contribution is 5.68. The number of ether oxygens (including phenoxy) is 1. The van der Waals surface area contributed by atoms with Gasteiger partial charge in [0, 0.05) is 24.1 Å². The number of aliphatic hydroxyl groups is 2. The molecule has 1 aliphatic rings. The first kappa shape index (κ1) is 17.9. The molecule has 23 heavy (non-hydrogen) atoms. The van der Waals surface area contributed by atoms with Gasteiger partial charge < -0.3 is 14.9 Å². The molecule has 2 unspecified atom stereocenters. The molecule has 5 heteroatoms. The molecule has 0 spiro atoms. The molecule has 0 amide bonds. The van der Waals surface area contributed by atoms with Gasteiger partial charge in [-0.25, -0.2) is 4.90 Å². The summed E-state index contributed by atoms with van der Waals surface area (Å²) in [6, 6.07) is 7.49. The van der Waals surface area contributed by atoms with Crippen molar-refractivity contribution in [2.45, 2.75) is 57.4 Å². The molecule has 0 aromatic heterocycles. The number of hydrogen-bond donors (Lipinski definition) is 2. The van der Waals surface area contributed by atoms with E-state index in [2.05, 4.69) is 4.74 Å². The summed E-state index contributed by atoms with van der Waals surface area (Å²) in [6.45, 7) is 0.680. The summed E-state index contributed by atoms with van der Waals surface area (Å²) in [4.78, 5) is 12.7. The van der Waals surface area contributed by atoms with Gasteiger partial charge in [-0.1, -0.05) is 49.9 Å². The minimum atomic E-state index is -0.707. The van der Waals surface area contributed by atoms with E-state index in [1.807, 2.05) is 24.3 Å². The molecular formula is C18H27NO4. The Morgan fingerprint density at radius 1 is 1.00 bits per heavy atom. The molecule has 2 rings (SSSR count). The molecule has 0 saturated carbocycles. The second-order valence-corrected chi connectivity index (χ2v) is 6.06. The number of carbonyl (C=O) groups excluding carboxylic acids is 1. The molecule has 0 fully saturated rings. The maximum Gasteiger partial charge on any atom is 0.305 e. The van der Waals surface area contributed by atoms with Crippen LogP contribution in [0.25, 0.3) is 0 Å². The van der Waals surface area contributed by atoms with Crippen molar-refractivity contribution in [3.8, 4) is 0 Å². The Balaban J connectivity index is 1.60. The molecule has 1 aliphatic heterocycles. The quantitative estimate of drug-likeness (QED) is 0.540. The van der Waals surface area contributed by atoms with Crippen molar-refractivity contribution in [3.05, 3.63) is 35.4 Å². The summed E-state index contributed by atoms with van der Waals surface area (Å²) in [7, 11) is 1.42. The third kappa shape index (κ3) is 4.77. The van der Waals surface area contributed by atoms with Gasteiger partial charge in [-0.15, -0.1) is 0 Å². The summed E-state index contributed by atoms with van der Waals surface area (Å²) in [5.41, 5.74) is 1.62. The van der Waals surface area contributed by atoms with Crippen LogP contribution in [-0.4, -0.2) is 34.7 Å². The normalized spacial score (nSPS) is 20.5. The largest absolute Gasteiger partial charge is 0.469 e. The molecule has 0 aliphatic carbocycles. The molecule has 5 nitrogen and oxygen atoms in total. The highest BCUT2D eigenvalue weighted by Crippen LogP contribution is 2.38. The van der Waals surface area contributed by atoms with Crippen LogP contribution in [0.15, 0.2) is 24.3 Å². The van der Waals surface area contributed by atoms with Gasteiger partial charge in [-0.2, -0.15) is 0 Å². The van der Waals surface area contributed by atoms with E-state index < -0.39 is 12.5 Å². The van der Waals surface area contributed by atoms with Crippen LogP contribution in [0, 0.1) is 0 Å². The maximum atomic E-state index is 11.0. The van der Waals surface area contributed by atoms with Gasteiger partial charge in [0.25, 0.3) is 0 Å². The minimum Gasteiger partial charge on any atom is -0.469 e. The van der Waals surface area contributed by atoms with Crippen molar-refractivity contribution in [2.75, 3.05) is 13.7 Å². The Hall–Kier alpha value is -1.43. The number of carbonyl (C=O) groups is 1. The summed E-state index contributed by atoms with van der Waals surface area (Å²) in [5.74, 6) is -0.137. The molecule has 2 atom stereocenters. The summed E-state index contributed by atoms with van der Waals surface area (Å²) < 4.78 is 4.61. The van der Waals surface area contributed by atoms with Crippen molar-refractivity contribution in [3.63, 3.8) is 0 Å². The van der Waals surface area contributed by atoms with E-state index in [4.69, 9.17) is 0 Å². The third-order valence-electron chi connectivity index (χ3n) is 4.46. The fourth-order valence-corrected chi connectivity index (χ4v) is 3.09. The van der Waals surface area contributed by atoms with E-state index in [9.17, 15) is 15.0 Å². The maximum absolute atomic E-state index is 11.0. The van der Waals surface area contributed by atoms with Gasteiger partial charge in [0.1, 0.15) is 12.5 Å². The second-order valence-electron chi connectivity index (χ2n) is 6.06. The Morgan fingerprint density at radius 2 is 1.52 bits per heavy atom. The molecule has 0 saturated heterocycles. The number of unbranched alkanes of at least 4 members (excludes halogenated alkanes) is 5. The summed E-state index contributed by atoms with van der Waals surface area (Å²) in [6.07, 6.45) is 5.21. The Bertz CT molecular complexity index is 477. The van der Waals surface area contributed by atoms with Gasteiger partial charge in [0.15, 0.2) is 0 Å². The van der Waals surface area contributed by atoms with Gasteiger partial charge >= 0.3 is 5.97 Å². The molecule has 1 heterocycles. The van der Waals surface area contributed by atoms with Crippen molar-refractivity contribution < 1.29 is 19.7 Å². The van der Waals surface area contributed by atoms with Crippen molar-refractivity contribution in [2.24, 2.45) is 0 Å². The molecule has 0 radical (unpaired) electrons. The third-order valence-corrected chi connectivity index (χ3v) is 4.46. The lowest BCUT2D eigenvalue weighted by atomic mass is 10.1. The molecule has 1 aromatic rings.